The first kappa shape index (κ1) is 28.0. The summed E-state index contributed by atoms with van der Waals surface area (Å²) in [6.07, 6.45) is 1.01. The summed E-state index contributed by atoms with van der Waals surface area (Å²) in [6.45, 7) is 6.84. The molecule has 1 N–H and O–H groups in total. The highest BCUT2D eigenvalue weighted by Crippen LogP contribution is 2.34. The summed E-state index contributed by atoms with van der Waals surface area (Å²) >= 11 is 0. The van der Waals surface area contributed by atoms with Gasteiger partial charge in [-0.05, 0) is 45.4 Å². The Morgan fingerprint density at radius 2 is 1.71 bits per heavy atom. The smallest absolute Gasteiger partial charge is 0.244 e. The standard InChI is InChI=1S/C25H35N3O6S/c1-17(2)26-25(30)19(4)27(15-20-10-8-9-18(3)13-20)24(29)16-28(35(7,31)32)22-14-21(33-5)11-12-23(22)34-6/h8-14,17,19H,15-16H2,1-7H3,(H,26,30)/t19-/m1/s1. The molecule has 0 unspecified atom stereocenters. The second kappa shape index (κ2) is 11.9. The van der Waals surface area contributed by atoms with Gasteiger partial charge in [0.25, 0.3) is 0 Å². The molecule has 1 atom stereocenters. The second-order valence-corrected chi connectivity index (χ2v) is 10.6. The summed E-state index contributed by atoms with van der Waals surface area (Å²) in [5.74, 6) is -0.192. The summed E-state index contributed by atoms with van der Waals surface area (Å²) in [5, 5.41) is 2.82. The van der Waals surface area contributed by atoms with Gasteiger partial charge in [0.1, 0.15) is 24.1 Å². The van der Waals surface area contributed by atoms with E-state index in [0.717, 1.165) is 21.7 Å². The molecule has 0 spiro atoms. The molecular formula is C25H35N3O6S. The molecule has 0 bridgehead atoms. The molecule has 0 saturated carbocycles. The van der Waals surface area contributed by atoms with E-state index in [0.29, 0.717) is 5.75 Å². The number of methoxy groups -OCH3 is 2. The average molecular weight is 506 g/mol. The first-order valence-electron chi connectivity index (χ1n) is 11.2. The van der Waals surface area contributed by atoms with Crippen LogP contribution in [0.5, 0.6) is 11.5 Å². The molecule has 2 aromatic carbocycles. The Hall–Kier alpha value is -3.27. The van der Waals surface area contributed by atoms with Crippen LogP contribution in [0.15, 0.2) is 42.5 Å². The number of benzene rings is 2. The van der Waals surface area contributed by atoms with Crippen LogP contribution in [-0.2, 0) is 26.2 Å². The van der Waals surface area contributed by atoms with E-state index in [1.165, 1.54) is 25.2 Å². The lowest BCUT2D eigenvalue weighted by atomic mass is 10.1. The lowest BCUT2D eigenvalue weighted by molar-refractivity contribution is -0.139. The highest BCUT2D eigenvalue weighted by Gasteiger charge is 2.31. The number of hydrogen-bond donors (Lipinski definition) is 1. The molecular weight excluding hydrogens is 470 g/mol. The third kappa shape index (κ3) is 7.61. The highest BCUT2D eigenvalue weighted by atomic mass is 32.2. The van der Waals surface area contributed by atoms with Crippen LogP contribution in [0.3, 0.4) is 0 Å². The van der Waals surface area contributed by atoms with Crippen LogP contribution in [0.1, 0.15) is 31.9 Å². The number of nitrogens with zero attached hydrogens (tertiary/aromatic N) is 2. The van der Waals surface area contributed by atoms with E-state index in [9.17, 15) is 18.0 Å². The molecule has 0 aliphatic heterocycles. The average Bonchev–Trinajstić information content (AvgIpc) is 2.78. The van der Waals surface area contributed by atoms with Crippen molar-refractivity contribution in [2.24, 2.45) is 0 Å². The van der Waals surface area contributed by atoms with Gasteiger partial charge >= 0.3 is 0 Å². The minimum absolute atomic E-state index is 0.116. The van der Waals surface area contributed by atoms with Crippen LogP contribution in [0.2, 0.25) is 0 Å². The quantitative estimate of drug-likeness (QED) is 0.504. The third-order valence-electron chi connectivity index (χ3n) is 5.37. The van der Waals surface area contributed by atoms with E-state index in [4.69, 9.17) is 9.47 Å². The molecule has 10 heteroatoms. The Labute approximate surface area is 208 Å². The number of ether oxygens (including phenoxy) is 2. The number of rotatable bonds is 11. The number of anilines is 1. The fourth-order valence-corrected chi connectivity index (χ4v) is 4.43. The minimum Gasteiger partial charge on any atom is -0.497 e. The molecule has 0 aromatic heterocycles. The molecule has 2 rings (SSSR count). The van der Waals surface area contributed by atoms with Gasteiger partial charge in [-0.2, -0.15) is 0 Å². The molecule has 35 heavy (non-hydrogen) atoms. The highest BCUT2D eigenvalue weighted by molar-refractivity contribution is 7.92. The first-order chi connectivity index (χ1) is 16.4. The maximum atomic E-state index is 13.6. The summed E-state index contributed by atoms with van der Waals surface area (Å²) < 4.78 is 37.1. The van der Waals surface area contributed by atoms with Gasteiger partial charge in [-0.25, -0.2) is 8.42 Å². The topological polar surface area (TPSA) is 105 Å². The minimum atomic E-state index is -3.90. The Morgan fingerprint density at radius 1 is 1.03 bits per heavy atom. The van der Waals surface area contributed by atoms with E-state index in [2.05, 4.69) is 5.32 Å². The van der Waals surface area contributed by atoms with Crippen LogP contribution < -0.4 is 19.1 Å². The molecule has 0 fully saturated rings. The fraction of sp³-hybridized carbons (Fsp3) is 0.440. The number of amides is 2. The predicted octanol–water partition coefficient (Wildman–Crippen LogP) is 2.72. The van der Waals surface area contributed by atoms with E-state index >= 15 is 0 Å². The molecule has 0 radical (unpaired) electrons. The Morgan fingerprint density at radius 3 is 2.26 bits per heavy atom. The monoisotopic (exact) mass is 505 g/mol. The molecule has 2 amide bonds. The molecule has 0 aliphatic rings. The van der Waals surface area contributed by atoms with Crippen molar-refractivity contribution in [3.8, 4) is 11.5 Å². The summed E-state index contributed by atoms with van der Waals surface area (Å²) in [6, 6.07) is 11.3. The van der Waals surface area contributed by atoms with E-state index < -0.39 is 28.5 Å². The van der Waals surface area contributed by atoms with Crippen molar-refractivity contribution < 1.29 is 27.5 Å². The Kier molecular flexibility index (Phi) is 9.53. The zero-order valence-corrected chi connectivity index (χ0v) is 22.2. The van der Waals surface area contributed by atoms with Crippen LogP contribution in [-0.4, -0.2) is 64.2 Å². The van der Waals surface area contributed by atoms with Crippen molar-refractivity contribution in [1.82, 2.24) is 10.2 Å². The van der Waals surface area contributed by atoms with Crippen molar-refractivity contribution in [3.63, 3.8) is 0 Å². The number of carbonyl (C=O) groups excluding carboxylic acids is 2. The Balaban J connectivity index is 2.49. The van der Waals surface area contributed by atoms with Gasteiger partial charge in [0.15, 0.2) is 0 Å². The van der Waals surface area contributed by atoms with Crippen molar-refractivity contribution in [2.75, 3.05) is 31.3 Å². The maximum absolute atomic E-state index is 13.6. The van der Waals surface area contributed by atoms with Gasteiger partial charge in [-0.15, -0.1) is 0 Å². The second-order valence-electron chi connectivity index (χ2n) is 8.66. The molecule has 0 saturated heterocycles. The normalized spacial score (nSPS) is 12.1. The molecule has 2 aromatic rings. The summed E-state index contributed by atoms with van der Waals surface area (Å²) in [4.78, 5) is 27.8. The molecule has 9 nitrogen and oxygen atoms in total. The van der Waals surface area contributed by atoms with Gasteiger partial charge < -0.3 is 19.7 Å². The fourth-order valence-electron chi connectivity index (χ4n) is 3.58. The van der Waals surface area contributed by atoms with Crippen molar-refractivity contribution in [1.29, 1.82) is 0 Å². The maximum Gasteiger partial charge on any atom is 0.244 e. The first-order valence-corrected chi connectivity index (χ1v) is 13.1. The number of carbonyl (C=O) groups is 2. The zero-order valence-electron chi connectivity index (χ0n) is 21.4. The van der Waals surface area contributed by atoms with Crippen LogP contribution in [0.4, 0.5) is 5.69 Å². The van der Waals surface area contributed by atoms with Crippen molar-refractivity contribution in [3.05, 3.63) is 53.6 Å². The van der Waals surface area contributed by atoms with Gasteiger partial charge in [-0.3, -0.25) is 13.9 Å². The molecule has 0 aliphatic carbocycles. The van der Waals surface area contributed by atoms with Crippen LogP contribution in [0.25, 0.3) is 0 Å². The summed E-state index contributed by atoms with van der Waals surface area (Å²) in [7, 11) is -1.03. The number of nitrogens with one attached hydrogen (secondary N) is 1. The van der Waals surface area contributed by atoms with Gasteiger partial charge in [-0.1, -0.05) is 29.8 Å². The molecule has 192 valence electrons. The third-order valence-corrected chi connectivity index (χ3v) is 6.49. The zero-order chi connectivity index (χ0) is 26.3. The Bertz CT molecular complexity index is 1150. The van der Waals surface area contributed by atoms with Crippen molar-refractivity contribution >= 4 is 27.5 Å². The van der Waals surface area contributed by atoms with Gasteiger partial charge in [0.05, 0.1) is 26.2 Å². The number of hydrogen-bond acceptors (Lipinski definition) is 6. The summed E-state index contributed by atoms with van der Waals surface area (Å²) in [5.41, 5.74) is 2.00. The molecule has 0 heterocycles. The van der Waals surface area contributed by atoms with E-state index in [1.807, 2.05) is 45.0 Å². The van der Waals surface area contributed by atoms with Crippen molar-refractivity contribution in [2.45, 2.75) is 46.3 Å². The largest absolute Gasteiger partial charge is 0.497 e. The van der Waals surface area contributed by atoms with Crippen LogP contribution >= 0.6 is 0 Å². The number of aryl methyl sites for hydroxylation is 1. The van der Waals surface area contributed by atoms with Crippen LogP contribution in [0, 0.1) is 6.92 Å². The van der Waals surface area contributed by atoms with Gasteiger partial charge in [0.2, 0.25) is 21.8 Å². The lowest BCUT2D eigenvalue weighted by Crippen LogP contribution is -2.52. The lowest BCUT2D eigenvalue weighted by Gasteiger charge is -2.32. The number of sulfonamides is 1. The van der Waals surface area contributed by atoms with E-state index in [1.54, 1.807) is 19.1 Å². The van der Waals surface area contributed by atoms with E-state index in [-0.39, 0.29) is 29.9 Å². The SMILES string of the molecule is COc1ccc(OC)c(N(CC(=O)N(Cc2cccc(C)c2)[C@H](C)C(=O)NC(C)C)S(C)(=O)=O)c1. The van der Waals surface area contributed by atoms with Gasteiger partial charge in [0, 0.05) is 18.7 Å². The predicted molar refractivity (Wildman–Crippen MR) is 136 cm³/mol.